The van der Waals surface area contributed by atoms with Gasteiger partial charge in [-0.3, -0.25) is 0 Å². The van der Waals surface area contributed by atoms with Gasteiger partial charge in [0.1, 0.15) is 15.4 Å². The number of sulfone groups is 1. The largest absolute Gasteiger partial charge is 0.444 e. The monoisotopic (exact) mass is 308 g/mol. The van der Waals surface area contributed by atoms with Crippen LogP contribution in [-0.4, -0.2) is 50.7 Å². The van der Waals surface area contributed by atoms with E-state index in [2.05, 4.69) is 10.6 Å². The van der Waals surface area contributed by atoms with Crippen LogP contribution in [0.4, 0.5) is 4.79 Å². The Labute approximate surface area is 122 Å². The Morgan fingerprint density at radius 1 is 1.30 bits per heavy atom. The maximum Gasteiger partial charge on any atom is 0.407 e. The molecular formula is C13H28N2O4S. The van der Waals surface area contributed by atoms with Gasteiger partial charge in [-0.25, -0.2) is 13.2 Å². The fraction of sp³-hybridized carbons (Fsp3) is 0.923. The lowest BCUT2D eigenvalue weighted by molar-refractivity contribution is 0.0502. The van der Waals surface area contributed by atoms with E-state index in [1.54, 1.807) is 27.7 Å². The van der Waals surface area contributed by atoms with E-state index in [0.717, 1.165) is 6.42 Å². The van der Waals surface area contributed by atoms with Gasteiger partial charge in [0.15, 0.2) is 0 Å². The van der Waals surface area contributed by atoms with Crippen molar-refractivity contribution >= 4 is 15.9 Å². The van der Waals surface area contributed by atoms with Gasteiger partial charge in [0.2, 0.25) is 0 Å². The normalized spacial score (nSPS) is 15.5. The summed E-state index contributed by atoms with van der Waals surface area (Å²) in [5.41, 5.74) is -0.528. The summed E-state index contributed by atoms with van der Waals surface area (Å²) in [4.78, 5) is 11.6. The molecule has 0 saturated heterocycles. The Kier molecular flexibility index (Phi) is 7.51. The number of ether oxygens (including phenoxy) is 1. The Morgan fingerprint density at radius 3 is 2.25 bits per heavy atom. The molecule has 0 saturated carbocycles. The second-order valence-corrected chi connectivity index (χ2v) is 8.34. The maximum atomic E-state index is 11.6. The number of carbonyl (C=O) groups excluding carboxylic acids is 1. The van der Waals surface area contributed by atoms with Crippen LogP contribution in [-0.2, 0) is 14.6 Å². The molecule has 0 radical (unpaired) electrons. The number of rotatable bonds is 7. The minimum absolute atomic E-state index is 0.0792. The van der Waals surface area contributed by atoms with Crippen LogP contribution >= 0.6 is 0 Å². The first kappa shape index (κ1) is 19.2. The van der Waals surface area contributed by atoms with Crippen LogP contribution in [0.3, 0.4) is 0 Å². The van der Waals surface area contributed by atoms with Crippen molar-refractivity contribution in [1.29, 1.82) is 0 Å². The van der Waals surface area contributed by atoms with Crippen LogP contribution in [0.1, 0.15) is 41.0 Å². The van der Waals surface area contributed by atoms with Crippen molar-refractivity contribution in [1.82, 2.24) is 10.6 Å². The highest BCUT2D eigenvalue weighted by molar-refractivity contribution is 7.90. The van der Waals surface area contributed by atoms with E-state index in [1.807, 2.05) is 6.92 Å². The third kappa shape index (κ3) is 11.0. The number of hydrogen-bond donors (Lipinski definition) is 2. The predicted octanol–water partition coefficient (Wildman–Crippen LogP) is 1.31. The minimum Gasteiger partial charge on any atom is -0.444 e. The molecule has 2 unspecified atom stereocenters. The SMILES string of the molecule is CCC(CNC(C)CS(C)(=O)=O)NC(=O)OC(C)(C)C. The number of amides is 1. The first-order chi connectivity index (χ1) is 8.93. The zero-order chi connectivity index (χ0) is 16.0. The van der Waals surface area contributed by atoms with E-state index in [9.17, 15) is 13.2 Å². The lowest BCUT2D eigenvalue weighted by atomic mass is 10.2. The lowest BCUT2D eigenvalue weighted by Crippen LogP contribution is -2.46. The van der Waals surface area contributed by atoms with Gasteiger partial charge in [0.05, 0.1) is 5.75 Å². The summed E-state index contributed by atoms with van der Waals surface area (Å²) >= 11 is 0. The fourth-order valence-electron chi connectivity index (χ4n) is 1.63. The van der Waals surface area contributed by atoms with Crippen LogP contribution in [0.2, 0.25) is 0 Å². The number of nitrogens with one attached hydrogen (secondary N) is 2. The fourth-order valence-corrected chi connectivity index (χ4v) is 2.65. The van der Waals surface area contributed by atoms with Gasteiger partial charge in [0, 0.05) is 24.9 Å². The van der Waals surface area contributed by atoms with Gasteiger partial charge in [0.25, 0.3) is 0 Å². The van der Waals surface area contributed by atoms with Gasteiger partial charge in [-0.1, -0.05) is 6.92 Å². The molecule has 0 aliphatic carbocycles. The molecule has 1 amide bonds. The molecule has 0 heterocycles. The predicted molar refractivity (Wildman–Crippen MR) is 80.6 cm³/mol. The van der Waals surface area contributed by atoms with Gasteiger partial charge < -0.3 is 15.4 Å². The summed E-state index contributed by atoms with van der Waals surface area (Å²) < 4.78 is 27.5. The summed E-state index contributed by atoms with van der Waals surface area (Å²) in [6, 6.07) is -0.244. The molecule has 6 nitrogen and oxygen atoms in total. The van der Waals surface area contributed by atoms with E-state index in [4.69, 9.17) is 4.74 Å². The summed E-state index contributed by atoms with van der Waals surface area (Å²) in [6.07, 6.45) is 1.49. The smallest absolute Gasteiger partial charge is 0.407 e. The van der Waals surface area contributed by atoms with E-state index in [1.165, 1.54) is 6.26 Å². The highest BCUT2D eigenvalue weighted by Gasteiger charge is 2.19. The van der Waals surface area contributed by atoms with E-state index in [0.29, 0.717) is 6.54 Å². The highest BCUT2D eigenvalue weighted by atomic mass is 32.2. The highest BCUT2D eigenvalue weighted by Crippen LogP contribution is 2.07. The second-order valence-electron chi connectivity index (χ2n) is 6.15. The maximum absolute atomic E-state index is 11.6. The average Bonchev–Trinajstić information content (AvgIpc) is 2.18. The van der Waals surface area contributed by atoms with E-state index in [-0.39, 0.29) is 17.8 Å². The Balaban J connectivity index is 4.19. The molecular weight excluding hydrogens is 280 g/mol. The summed E-state index contributed by atoms with van der Waals surface area (Å²) in [7, 11) is -3.00. The molecule has 2 N–H and O–H groups in total. The summed E-state index contributed by atoms with van der Waals surface area (Å²) in [6.45, 7) is 9.68. The number of alkyl carbamates (subject to hydrolysis) is 1. The number of carbonyl (C=O) groups is 1. The van der Waals surface area contributed by atoms with Crippen molar-refractivity contribution in [3.05, 3.63) is 0 Å². The molecule has 120 valence electrons. The van der Waals surface area contributed by atoms with Crippen LogP contribution in [0.15, 0.2) is 0 Å². The van der Waals surface area contributed by atoms with Crippen LogP contribution in [0.5, 0.6) is 0 Å². The number of hydrogen-bond acceptors (Lipinski definition) is 5. The van der Waals surface area contributed by atoms with E-state index >= 15 is 0 Å². The van der Waals surface area contributed by atoms with Crippen molar-refractivity contribution < 1.29 is 17.9 Å². The van der Waals surface area contributed by atoms with Crippen LogP contribution in [0.25, 0.3) is 0 Å². The summed E-state index contributed by atoms with van der Waals surface area (Å²) in [5.74, 6) is 0.0792. The van der Waals surface area contributed by atoms with E-state index < -0.39 is 21.5 Å². The summed E-state index contributed by atoms with van der Waals surface area (Å²) in [5, 5.41) is 5.88. The zero-order valence-electron chi connectivity index (χ0n) is 13.3. The topological polar surface area (TPSA) is 84.5 Å². The first-order valence-corrected chi connectivity index (χ1v) is 8.89. The molecule has 0 aromatic heterocycles. The van der Waals surface area contributed by atoms with Gasteiger partial charge in [-0.15, -0.1) is 0 Å². The van der Waals surface area contributed by atoms with Crippen molar-refractivity contribution in [2.45, 2.75) is 58.7 Å². The molecule has 0 aliphatic heterocycles. The molecule has 0 bridgehead atoms. The first-order valence-electron chi connectivity index (χ1n) is 6.83. The van der Waals surface area contributed by atoms with Gasteiger partial charge in [-0.2, -0.15) is 0 Å². The molecule has 0 aliphatic rings. The van der Waals surface area contributed by atoms with Crippen molar-refractivity contribution in [2.24, 2.45) is 0 Å². The van der Waals surface area contributed by atoms with Crippen LogP contribution in [0, 0.1) is 0 Å². The van der Waals surface area contributed by atoms with Crippen molar-refractivity contribution in [3.8, 4) is 0 Å². The lowest BCUT2D eigenvalue weighted by Gasteiger charge is -2.24. The average molecular weight is 308 g/mol. The minimum atomic E-state index is -3.00. The molecule has 2 atom stereocenters. The molecule has 7 heteroatoms. The third-order valence-corrected chi connectivity index (χ3v) is 3.58. The zero-order valence-corrected chi connectivity index (χ0v) is 14.1. The molecule has 0 rings (SSSR count). The molecule has 0 aromatic carbocycles. The third-order valence-electron chi connectivity index (χ3n) is 2.48. The molecule has 20 heavy (non-hydrogen) atoms. The van der Waals surface area contributed by atoms with Crippen molar-refractivity contribution in [3.63, 3.8) is 0 Å². The Hall–Kier alpha value is -0.820. The van der Waals surface area contributed by atoms with Crippen LogP contribution < -0.4 is 10.6 Å². The van der Waals surface area contributed by atoms with Gasteiger partial charge >= 0.3 is 6.09 Å². The Bertz CT molecular complexity index is 401. The standard InChI is InChI=1S/C13H28N2O4S/c1-7-11(15-12(16)19-13(3,4)5)8-14-10(2)9-20(6,17)18/h10-11,14H,7-9H2,1-6H3,(H,15,16). The second kappa shape index (κ2) is 7.83. The molecule has 0 fully saturated rings. The molecule has 0 spiro atoms. The van der Waals surface area contributed by atoms with Crippen molar-refractivity contribution in [2.75, 3.05) is 18.6 Å². The molecule has 0 aromatic rings. The quantitative estimate of drug-likeness (QED) is 0.741. The van der Waals surface area contributed by atoms with Gasteiger partial charge in [-0.05, 0) is 34.1 Å². The Morgan fingerprint density at radius 2 is 1.85 bits per heavy atom.